The fourth-order valence-corrected chi connectivity index (χ4v) is 0.338. The van der Waals surface area contributed by atoms with Crippen LogP contribution in [0.3, 0.4) is 0 Å². The first-order valence-electron chi connectivity index (χ1n) is 2.80. The minimum Gasteiger partial charge on any atom is -0.211 e. The Bertz CT molecular complexity index is 152. The predicted octanol–water partition coefficient (Wildman–Crippen LogP) is 1.80. The highest BCUT2D eigenvalue weighted by Crippen LogP contribution is 1.80. The summed E-state index contributed by atoms with van der Waals surface area (Å²) in [7, 11) is 0. The van der Waals surface area contributed by atoms with E-state index < -0.39 is 0 Å². The summed E-state index contributed by atoms with van der Waals surface area (Å²) in [6, 6.07) is 0. The van der Waals surface area contributed by atoms with Crippen molar-refractivity contribution in [3.8, 4) is 0 Å². The molecular weight excluding hydrogens is 114 g/mol. The van der Waals surface area contributed by atoms with Crippen LogP contribution in [0, 0.1) is 0 Å². The van der Waals surface area contributed by atoms with E-state index in [9.17, 15) is 4.79 Å². The maximum atomic E-state index is 9.47. The molecule has 0 atom stereocenters. The number of hydrogen-bond donors (Lipinski definition) is 0. The maximum absolute atomic E-state index is 9.47. The van der Waals surface area contributed by atoms with Gasteiger partial charge in [0.2, 0.25) is 6.08 Å². The summed E-state index contributed by atoms with van der Waals surface area (Å²) in [6.07, 6.45) is 9.29. The second-order valence-electron chi connectivity index (χ2n) is 1.40. The lowest BCUT2D eigenvalue weighted by Gasteiger charge is -1.70. The van der Waals surface area contributed by atoms with Crippen molar-refractivity contribution in [2.45, 2.75) is 13.3 Å². The Hall–Kier alpha value is -1.14. The molecule has 0 N–H and O–H groups in total. The fraction of sp³-hybridized carbons (Fsp3) is 0.286. The molecular formula is C7H9NO. The van der Waals surface area contributed by atoms with Gasteiger partial charge in [-0.25, -0.2) is 4.79 Å². The number of nitrogens with zero attached hydrogens (tertiary/aromatic N) is 1. The van der Waals surface area contributed by atoms with Crippen molar-refractivity contribution in [1.29, 1.82) is 0 Å². The molecule has 0 unspecified atom stereocenters. The van der Waals surface area contributed by atoms with E-state index in [1.165, 1.54) is 12.3 Å². The molecule has 0 saturated carbocycles. The summed E-state index contributed by atoms with van der Waals surface area (Å²) in [5, 5.41) is 0. The Balaban J connectivity index is 3.46. The number of rotatable bonds is 3. The van der Waals surface area contributed by atoms with Crippen LogP contribution in [0.25, 0.3) is 0 Å². The molecule has 0 spiro atoms. The quantitative estimate of drug-likeness (QED) is 0.319. The second kappa shape index (κ2) is 6.86. The number of hydrogen-bond acceptors (Lipinski definition) is 2. The van der Waals surface area contributed by atoms with Gasteiger partial charge in [0, 0.05) is 6.20 Å². The van der Waals surface area contributed by atoms with Crippen LogP contribution in [0.2, 0.25) is 0 Å². The lowest BCUT2D eigenvalue weighted by atomic mass is 10.4. The van der Waals surface area contributed by atoms with Gasteiger partial charge in [-0.3, -0.25) is 0 Å². The zero-order chi connectivity index (χ0) is 6.95. The standard InChI is InChI=1S/C7H9NO/c1-2-3-4-5-6-8-7-9/h3-6H,2H2,1H3/b4-3+,6-5+. The first kappa shape index (κ1) is 7.86. The zero-order valence-electron chi connectivity index (χ0n) is 5.37. The maximum Gasteiger partial charge on any atom is 0.239 e. The molecule has 0 aromatic heterocycles. The van der Waals surface area contributed by atoms with Gasteiger partial charge in [-0.2, -0.15) is 4.99 Å². The van der Waals surface area contributed by atoms with E-state index in [4.69, 9.17) is 0 Å². The van der Waals surface area contributed by atoms with E-state index >= 15 is 0 Å². The summed E-state index contributed by atoms with van der Waals surface area (Å²) in [5.74, 6) is 0. The van der Waals surface area contributed by atoms with Gasteiger partial charge in [0.25, 0.3) is 0 Å². The lowest BCUT2D eigenvalue weighted by molar-refractivity contribution is 0.565. The van der Waals surface area contributed by atoms with E-state index in [0.29, 0.717) is 0 Å². The van der Waals surface area contributed by atoms with E-state index in [2.05, 4.69) is 4.99 Å². The first-order chi connectivity index (χ1) is 4.41. The van der Waals surface area contributed by atoms with E-state index in [1.807, 2.05) is 19.1 Å². The minimum absolute atomic E-state index is 0.995. The number of isocyanates is 1. The van der Waals surface area contributed by atoms with Crippen LogP contribution in [0.1, 0.15) is 13.3 Å². The molecule has 0 aromatic carbocycles. The largest absolute Gasteiger partial charge is 0.239 e. The summed E-state index contributed by atoms with van der Waals surface area (Å²) < 4.78 is 0. The Kier molecular flexibility index (Phi) is 5.99. The molecule has 0 radical (unpaired) electrons. The van der Waals surface area contributed by atoms with Crippen molar-refractivity contribution in [2.24, 2.45) is 4.99 Å². The van der Waals surface area contributed by atoms with Crippen LogP contribution < -0.4 is 0 Å². The van der Waals surface area contributed by atoms with Crippen LogP contribution in [0.5, 0.6) is 0 Å². The van der Waals surface area contributed by atoms with Gasteiger partial charge in [-0.05, 0) is 12.5 Å². The predicted molar refractivity (Wildman–Crippen MR) is 36.7 cm³/mol. The smallest absolute Gasteiger partial charge is 0.211 e. The summed E-state index contributed by atoms with van der Waals surface area (Å²) in [4.78, 5) is 12.7. The van der Waals surface area contributed by atoms with E-state index in [0.717, 1.165) is 6.42 Å². The summed E-state index contributed by atoms with van der Waals surface area (Å²) in [5.41, 5.74) is 0. The molecule has 0 bridgehead atoms. The Morgan fingerprint density at radius 3 is 2.89 bits per heavy atom. The molecule has 0 amide bonds. The lowest BCUT2D eigenvalue weighted by Crippen LogP contribution is -1.51. The van der Waals surface area contributed by atoms with Gasteiger partial charge in [0.1, 0.15) is 0 Å². The van der Waals surface area contributed by atoms with Crippen molar-refractivity contribution in [3.63, 3.8) is 0 Å². The second-order valence-corrected chi connectivity index (χ2v) is 1.40. The monoisotopic (exact) mass is 123 g/mol. The van der Waals surface area contributed by atoms with Gasteiger partial charge >= 0.3 is 0 Å². The highest BCUT2D eigenvalue weighted by atomic mass is 16.1. The molecule has 0 rings (SSSR count). The molecule has 0 aliphatic carbocycles. The van der Waals surface area contributed by atoms with Crippen LogP contribution in [0.15, 0.2) is 29.4 Å². The van der Waals surface area contributed by atoms with Gasteiger partial charge in [-0.1, -0.05) is 19.1 Å². The Labute approximate surface area is 54.6 Å². The van der Waals surface area contributed by atoms with Crippen molar-refractivity contribution < 1.29 is 4.79 Å². The van der Waals surface area contributed by atoms with Crippen LogP contribution in [-0.4, -0.2) is 6.08 Å². The van der Waals surface area contributed by atoms with Crippen molar-refractivity contribution in [2.75, 3.05) is 0 Å². The van der Waals surface area contributed by atoms with Crippen molar-refractivity contribution >= 4 is 6.08 Å². The Morgan fingerprint density at radius 2 is 2.33 bits per heavy atom. The third-order valence-corrected chi connectivity index (χ3v) is 0.696. The molecule has 48 valence electrons. The van der Waals surface area contributed by atoms with Gasteiger partial charge in [0.15, 0.2) is 0 Å². The third-order valence-electron chi connectivity index (χ3n) is 0.696. The topological polar surface area (TPSA) is 29.4 Å². The highest BCUT2D eigenvalue weighted by molar-refractivity contribution is 5.34. The highest BCUT2D eigenvalue weighted by Gasteiger charge is 1.61. The van der Waals surface area contributed by atoms with E-state index in [1.54, 1.807) is 6.08 Å². The summed E-state index contributed by atoms with van der Waals surface area (Å²) >= 11 is 0. The number of aliphatic imine (C=N–C) groups is 1. The average Bonchev–Trinajstić information content (AvgIpc) is 1.89. The number of carbonyl (C=O) groups excluding carboxylic acids is 1. The molecule has 0 aliphatic heterocycles. The van der Waals surface area contributed by atoms with Gasteiger partial charge < -0.3 is 0 Å². The van der Waals surface area contributed by atoms with E-state index in [-0.39, 0.29) is 0 Å². The molecule has 9 heavy (non-hydrogen) atoms. The normalized spacial score (nSPS) is 10.3. The fourth-order valence-electron chi connectivity index (χ4n) is 0.338. The molecule has 0 aromatic rings. The van der Waals surface area contributed by atoms with Gasteiger partial charge in [-0.15, -0.1) is 0 Å². The van der Waals surface area contributed by atoms with Crippen molar-refractivity contribution in [1.82, 2.24) is 0 Å². The minimum atomic E-state index is 0.995. The van der Waals surface area contributed by atoms with Gasteiger partial charge in [0.05, 0.1) is 0 Å². The molecule has 0 heterocycles. The number of allylic oxidation sites excluding steroid dienone is 3. The summed E-state index contributed by atoms with van der Waals surface area (Å²) in [6.45, 7) is 2.04. The van der Waals surface area contributed by atoms with Crippen LogP contribution in [-0.2, 0) is 4.79 Å². The van der Waals surface area contributed by atoms with Crippen molar-refractivity contribution in [3.05, 3.63) is 24.4 Å². The SMILES string of the molecule is CC/C=C/C=C/N=C=O. The van der Waals surface area contributed by atoms with Crippen LogP contribution >= 0.6 is 0 Å². The average molecular weight is 123 g/mol. The van der Waals surface area contributed by atoms with Crippen LogP contribution in [0.4, 0.5) is 0 Å². The first-order valence-corrected chi connectivity index (χ1v) is 2.80. The molecule has 0 saturated heterocycles. The Morgan fingerprint density at radius 1 is 1.56 bits per heavy atom. The third kappa shape index (κ3) is 6.86. The molecule has 0 fully saturated rings. The molecule has 2 heteroatoms. The zero-order valence-corrected chi connectivity index (χ0v) is 5.37. The molecule has 2 nitrogen and oxygen atoms in total. The molecule has 0 aliphatic rings.